The zero-order valence-corrected chi connectivity index (χ0v) is 12.6. The molecule has 21 heavy (non-hydrogen) atoms. The van der Waals surface area contributed by atoms with Crippen molar-refractivity contribution in [3.05, 3.63) is 34.4 Å². The number of quaternary nitrogens is 1. The predicted octanol–water partition coefficient (Wildman–Crippen LogP) is -0.328. The number of benzene rings is 1. The molecule has 1 aliphatic heterocycles. The molecular weight excluding hydrogens is 296 g/mol. The largest absolute Gasteiger partial charge is 0.370 e. The van der Waals surface area contributed by atoms with E-state index in [1.165, 1.54) is 24.3 Å². The lowest BCUT2D eigenvalue weighted by Gasteiger charge is -2.29. The van der Waals surface area contributed by atoms with Gasteiger partial charge in [0.15, 0.2) is 9.84 Å². The van der Waals surface area contributed by atoms with Gasteiger partial charge in [-0.25, -0.2) is 8.42 Å². The van der Waals surface area contributed by atoms with Crippen molar-refractivity contribution in [1.82, 2.24) is 0 Å². The zero-order chi connectivity index (χ0) is 15.5. The van der Waals surface area contributed by atoms with Gasteiger partial charge in [0, 0.05) is 6.07 Å². The van der Waals surface area contributed by atoms with Crippen molar-refractivity contribution in [2.45, 2.75) is 17.9 Å². The summed E-state index contributed by atoms with van der Waals surface area (Å²) in [5.41, 5.74) is -0.360. The molecule has 8 heteroatoms. The Morgan fingerprint density at radius 3 is 2.57 bits per heavy atom. The lowest BCUT2D eigenvalue weighted by Crippen LogP contribution is -3.17. The molecule has 1 atom stereocenters. The standard InChI is InChI=1S/C13H18N2O5S/c1-11(14-6-8-20-9-7-14)10-21(18,19)13-5-3-2-4-12(13)15(16)17/h2-5,11H,6-10H2,1H3/p+1/t11-/m1/s1. The first-order chi connectivity index (χ1) is 9.92. The minimum atomic E-state index is -3.69. The number of nitrogens with one attached hydrogen (secondary N) is 1. The molecule has 1 aliphatic rings. The van der Waals surface area contributed by atoms with Crippen LogP contribution in [0.25, 0.3) is 0 Å². The van der Waals surface area contributed by atoms with Gasteiger partial charge in [0.05, 0.1) is 24.2 Å². The summed E-state index contributed by atoms with van der Waals surface area (Å²) in [6, 6.07) is 5.37. The number of nitro benzene ring substituents is 1. The maximum absolute atomic E-state index is 12.5. The van der Waals surface area contributed by atoms with Crippen molar-refractivity contribution in [2.24, 2.45) is 0 Å². The van der Waals surface area contributed by atoms with E-state index >= 15 is 0 Å². The van der Waals surface area contributed by atoms with Crippen LogP contribution < -0.4 is 4.90 Å². The topological polar surface area (TPSA) is 91.0 Å². The molecule has 1 aromatic carbocycles. The molecule has 7 nitrogen and oxygen atoms in total. The maximum Gasteiger partial charge on any atom is 0.287 e. The van der Waals surface area contributed by atoms with Gasteiger partial charge in [0.25, 0.3) is 5.69 Å². The van der Waals surface area contributed by atoms with Gasteiger partial charge in [-0.05, 0) is 13.0 Å². The lowest BCUT2D eigenvalue weighted by molar-refractivity contribution is -0.928. The molecule has 0 aliphatic carbocycles. The number of sulfone groups is 1. The van der Waals surface area contributed by atoms with Crippen molar-refractivity contribution in [1.29, 1.82) is 0 Å². The van der Waals surface area contributed by atoms with Crippen molar-refractivity contribution >= 4 is 15.5 Å². The van der Waals surface area contributed by atoms with Crippen molar-refractivity contribution in [3.8, 4) is 0 Å². The van der Waals surface area contributed by atoms with Crippen LogP contribution in [0.2, 0.25) is 0 Å². The number of rotatable bonds is 5. The highest BCUT2D eigenvalue weighted by molar-refractivity contribution is 7.91. The van der Waals surface area contributed by atoms with Crippen LogP contribution in [-0.4, -0.2) is 51.4 Å². The molecule has 1 heterocycles. The summed E-state index contributed by atoms with van der Waals surface area (Å²) in [4.78, 5) is 11.3. The fourth-order valence-electron chi connectivity index (χ4n) is 2.53. The maximum atomic E-state index is 12.5. The number of nitro groups is 1. The molecule has 0 saturated carbocycles. The average Bonchev–Trinajstić information content (AvgIpc) is 2.47. The highest BCUT2D eigenvalue weighted by Crippen LogP contribution is 2.24. The second-order valence-electron chi connectivity index (χ2n) is 5.18. The Morgan fingerprint density at radius 1 is 1.33 bits per heavy atom. The van der Waals surface area contributed by atoms with Crippen LogP contribution in [0.3, 0.4) is 0 Å². The van der Waals surface area contributed by atoms with Crippen LogP contribution in [0.1, 0.15) is 6.92 Å². The summed E-state index contributed by atoms with van der Waals surface area (Å²) < 4.78 is 30.2. The summed E-state index contributed by atoms with van der Waals surface area (Å²) in [6.07, 6.45) is 0. The molecule has 0 amide bonds. The molecule has 0 unspecified atom stereocenters. The van der Waals surface area contributed by atoms with Gasteiger partial charge in [0.2, 0.25) is 0 Å². The third-order valence-electron chi connectivity index (χ3n) is 3.70. The van der Waals surface area contributed by atoms with Gasteiger partial charge >= 0.3 is 0 Å². The molecular formula is C13H19N2O5S+. The minimum Gasteiger partial charge on any atom is -0.370 e. The SMILES string of the molecule is C[C@H](CS(=O)(=O)c1ccccc1[N+](=O)[O-])[NH+]1CCOCC1. The van der Waals surface area contributed by atoms with E-state index in [4.69, 9.17) is 4.74 Å². The highest BCUT2D eigenvalue weighted by Gasteiger charge is 2.31. The van der Waals surface area contributed by atoms with Crippen LogP contribution in [0.5, 0.6) is 0 Å². The van der Waals surface area contributed by atoms with E-state index in [9.17, 15) is 18.5 Å². The summed E-state index contributed by atoms with van der Waals surface area (Å²) in [5, 5.41) is 11.0. The number of hydrogen-bond donors (Lipinski definition) is 1. The van der Waals surface area contributed by atoms with E-state index < -0.39 is 14.8 Å². The van der Waals surface area contributed by atoms with Gasteiger partial charge < -0.3 is 9.64 Å². The van der Waals surface area contributed by atoms with Gasteiger partial charge in [-0.1, -0.05) is 12.1 Å². The summed E-state index contributed by atoms with van der Waals surface area (Å²) in [6.45, 7) is 4.60. The lowest BCUT2D eigenvalue weighted by atomic mass is 10.3. The first kappa shape index (κ1) is 15.9. The first-order valence-corrected chi connectivity index (χ1v) is 8.45. The van der Waals surface area contributed by atoms with Crippen molar-refractivity contribution in [2.75, 3.05) is 32.1 Å². The van der Waals surface area contributed by atoms with E-state index in [1.807, 2.05) is 6.92 Å². The Balaban J connectivity index is 2.20. The molecule has 0 bridgehead atoms. The van der Waals surface area contributed by atoms with Crippen LogP contribution in [0.4, 0.5) is 5.69 Å². The summed E-state index contributed by atoms with van der Waals surface area (Å²) in [7, 11) is -3.69. The highest BCUT2D eigenvalue weighted by atomic mass is 32.2. The molecule has 1 N–H and O–H groups in total. The third kappa shape index (κ3) is 3.78. The van der Waals surface area contributed by atoms with E-state index in [0.717, 1.165) is 18.0 Å². The van der Waals surface area contributed by atoms with Gasteiger partial charge in [0.1, 0.15) is 23.7 Å². The Labute approximate surface area is 123 Å². The fraction of sp³-hybridized carbons (Fsp3) is 0.538. The molecule has 1 saturated heterocycles. The van der Waals surface area contributed by atoms with Crippen molar-refractivity contribution in [3.63, 3.8) is 0 Å². The van der Waals surface area contributed by atoms with E-state index in [1.54, 1.807) is 0 Å². The number of nitrogens with zero attached hydrogens (tertiary/aromatic N) is 1. The Morgan fingerprint density at radius 2 is 1.95 bits per heavy atom. The molecule has 0 aromatic heterocycles. The van der Waals surface area contributed by atoms with Crippen LogP contribution >= 0.6 is 0 Å². The van der Waals surface area contributed by atoms with Gasteiger partial charge in [-0.2, -0.15) is 0 Å². The quantitative estimate of drug-likeness (QED) is 0.593. The van der Waals surface area contributed by atoms with Gasteiger partial charge in [-0.15, -0.1) is 0 Å². The van der Waals surface area contributed by atoms with E-state index in [2.05, 4.69) is 0 Å². The second-order valence-corrected chi connectivity index (χ2v) is 7.18. The minimum absolute atomic E-state index is 0.104. The Bertz CT molecular complexity index is 611. The smallest absolute Gasteiger partial charge is 0.287 e. The normalized spacial score (nSPS) is 18.3. The molecule has 0 spiro atoms. The molecule has 1 fully saturated rings. The van der Waals surface area contributed by atoms with Crippen LogP contribution in [0, 0.1) is 10.1 Å². The van der Waals surface area contributed by atoms with Gasteiger partial charge in [-0.3, -0.25) is 10.1 Å². The molecule has 116 valence electrons. The monoisotopic (exact) mass is 315 g/mol. The summed E-state index contributed by atoms with van der Waals surface area (Å²) in [5.74, 6) is -0.104. The second kappa shape index (κ2) is 6.50. The van der Waals surface area contributed by atoms with E-state index in [-0.39, 0.29) is 22.4 Å². The Kier molecular flexibility index (Phi) is 4.92. The molecule has 0 radical (unpaired) electrons. The summed E-state index contributed by atoms with van der Waals surface area (Å²) >= 11 is 0. The number of ether oxygens (including phenoxy) is 1. The Hall–Kier alpha value is -1.51. The van der Waals surface area contributed by atoms with E-state index in [0.29, 0.717) is 13.2 Å². The number of para-hydroxylation sites is 1. The third-order valence-corrected chi connectivity index (χ3v) is 5.65. The predicted molar refractivity (Wildman–Crippen MR) is 76.1 cm³/mol. The van der Waals surface area contributed by atoms with Crippen LogP contribution in [0.15, 0.2) is 29.2 Å². The van der Waals surface area contributed by atoms with Crippen LogP contribution in [-0.2, 0) is 14.6 Å². The molecule has 2 rings (SSSR count). The first-order valence-electron chi connectivity index (χ1n) is 6.80. The number of morpholine rings is 1. The number of hydrogen-bond acceptors (Lipinski definition) is 5. The average molecular weight is 315 g/mol. The molecule has 1 aromatic rings. The zero-order valence-electron chi connectivity index (χ0n) is 11.8. The van der Waals surface area contributed by atoms with Crippen molar-refractivity contribution < 1.29 is 23.0 Å². The fourth-order valence-corrected chi connectivity index (χ4v) is 4.35.